The molecule has 0 radical (unpaired) electrons. The van der Waals surface area contributed by atoms with Crippen LogP contribution in [0.5, 0.6) is 0 Å². The molecule has 0 N–H and O–H groups in total. The quantitative estimate of drug-likeness (QED) is 0.445. The number of hydrogen-bond acceptors (Lipinski definition) is 5. The molecule has 2 heterocycles. The lowest BCUT2D eigenvalue weighted by molar-refractivity contribution is -0.131. The molecular weight excluding hydrogens is 371 g/mol. The lowest BCUT2D eigenvalue weighted by Crippen LogP contribution is -2.41. The zero-order chi connectivity index (χ0) is 18.2. The fraction of sp³-hybridized carbons (Fsp3) is 0.688. The van der Waals surface area contributed by atoms with Gasteiger partial charge in [0.05, 0.1) is 19.0 Å². The van der Waals surface area contributed by atoms with Crippen LogP contribution in [0.15, 0.2) is 11.8 Å². The van der Waals surface area contributed by atoms with Crippen LogP contribution in [0.25, 0.3) is 0 Å². The number of carbonyl (C=O) groups excluding carboxylic acids is 3. The van der Waals surface area contributed by atoms with E-state index in [1.807, 2.05) is 6.08 Å². The summed E-state index contributed by atoms with van der Waals surface area (Å²) in [4.78, 5) is 39.3. The van der Waals surface area contributed by atoms with Crippen molar-refractivity contribution in [3.05, 3.63) is 11.8 Å². The Labute approximate surface area is 156 Å². The molecule has 1 atom stereocenters. The van der Waals surface area contributed by atoms with E-state index in [0.29, 0.717) is 43.3 Å². The molecule has 0 aromatic rings. The molecule has 9 heteroatoms. The highest BCUT2D eigenvalue weighted by Crippen LogP contribution is 2.28. The fourth-order valence-electron chi connectivity index (χ4n) is 2.86. The Bertz CT molecular complexity index is 541. The summed E-state index contributed by atoms with van der Waals surface area (Å²) in [5.41, 5.74) is 0.558. The van der Waals surface area contributed by atoms with Crippen molar-refractivity contribution < 1.29 is 23.9 Å². The highest BCUT2D eigenvalue weighted by atomic mass is 35.5. The molecule has 2 rings (SSSR count). The third-order valence-electron chi connectivity index (χ3n) is 4.07. The average Bonchev–Trinajstić information content (AvgIpc) is 3.21. The second-order valence-electron chi connectivity index (χ2n) is 5.71. The summed E-state index contributed by atoms with van der Waals surface area (Å²) < 4.78 is 9.88. The number of hydrogen-bond donors (Lipinski definition) is 0. The molecule has 7 nitrogen and oxygen atoms in total. The lowest BCUT2D eigenvalue weighted by Gasteiger charge is -2.27. The van der Waals surface area contributed by atoms with Gasteiger partial charge in [0, 0.05) is 17.5 Å². The van der Waals surface area contributed by atoms with Crippen LogP contribution in [-0.2, 0) is 14.3 Å². The average molecular weight is 393 g/mol. The van der Waals surface area contributed by atoms with Crippen LogP contribution in [0.4, 0.5) is 9.59 Å². The van der Waals surface area contributed by atoms with Crippen molar-refractivity contribution in [2.24, 2.45) is 5.92 Å². The molecule has 2 aliphatic heterocycles. The van der Waals surface area contributed by atoms with E-state index in [1.54, 1.807) is 0 Å². The minimum atomic E-state index is -0.648. The third kappa shape index (κ3) is 5.01. The SMILES string of the molecule is O=C1OCCN1C(=O)C(CCCCl)/C(=C/CCCCl)N1CCOC1=O. The number of rotatable bonds is 9. The number of imide groups is 1. The molecule has 0 aromatic carbocycles. The smallest absolute Gasteiger partial charge is 0.416 e. The van der Waals surface area contributed by atoms with Gasteiger partial charge in [-0.2, -0.15) is 0 Å². The van der Waals surface area contributed by atoms with E-state index >= 15 is 0 Å². The Kier molecular flexibility index (Phi) is 7.84. The van der Waals surface area contributed by atoms with Crippen LogP contribution in [-0.4, -0.2) is 66.0 Å². The maximum Gasteiger partial charge on any atom is 0.416 e. The summed E-state index contributed by atoms with van der Waals surface area (Å²) in [5, 5.41) is 0. The number of carbonyl (C=O) groups is 3. The molecule has 2 fully saturated rings. The highest BCUT2D eigenvalue weighted by Gasteiger charge is 2.39. The number of nitrogens with zero attached hydrogens (tertiary/aromatic N) is 2. The maximum absolute atomic E-state index is 12.9. The number of amides is 3. The van der Waals surface area contributed by atoms with Gasteiger partial charge in [0.2, 0.25) is 5.91 Å². The molecule has 1 unspecified atom stereocenters. The minimum Gasteiger partial charge on any atom is -0.447 e. The number of cyclic esters (lactones) is 2. The van der Waals surface area contributed by atoms with Crippen LogP contribution < -0.4 is 0 Å². The fourth-order valence-corrected chi connectivity index (χ4v) is 3.17. The minimum absolute atomic E-state index is 0.184. The Balaban J connectivity index is 2.27. The number of allylic oxidation sites excluding steroid dienone is 1. The van der Waals surface area contributed by atoms with Gasteiger partial charge >= 0.3 is 12.2 Å². The van der Waals surface area contributed by atoms with Gasteiger partial charge in [-0.05, 0) is 25.7 Å². The van der Waals surface area contributed by atoms with Gasteiger partial charge in [0.1, 0.15) is 13.2 Å². The van der Waals surface area contributed by atoms with Crippen molar-refractivity contribution >= 4 is 41.3 Å². The predicted octanol–water partition coefficient (Wildman–Crippen LogP) is 2.96. The van der Waals surface area contributed by atoms with Crippen molar-refractivity contribution in [2.75, 3.05) is 38.1 Å². The first kappa shape index (κ1) is 19.8. The van der Waals surface area contributed by atoms with Crippen molar-refractivity contribution in [3.63, 3.8) is 0 Å². The van der Waals surface area contributed by atoms with E-state index in [0.717, 1.165) is 11.3 Å². The number of halogens is 2. The van der Waals surface area contributed by atoms with Gasteiger partial charge in [-0.25, -0.2) is 14.5 Å². The van der Waals surface area contributed by atoms with Gasteiger partial charge < -0.3 is 9.47 Å². The molecule has 0 saturated carbocycles. The van der Waals surface area contributed by atoms with Crippen molar-refractivity contribution in [1.29, 1.82) is 0 Å². The first-order valence-corrected chi connectivity index (χ1v) is 9.41. The highest BCUT2D eigenvalue weighted by molar-refractivity contribution is 6.18. The second-order valence-corrected chi connectivity index (χ2v) is 6.47. The van der Waals surface area contributed by atoms with Crippen LogP contribution in [0.2, 0.25) is 0 Å². The molecule has 0 aromatic heterocycles. The van der Waals surface area contributed by atoms with E-state index in [4.69, 9.17) is 32.7 Å². The Hall–Kier alpha value is -1.47. The van der Waals surface area contributed by atoms with Crippen LogP contribution in [0.1, 0.15) is 25.7 Å². The normalized spacial score (nSPS) is 19.2. The van der Waals surface area contributed by atoms with E-state index in [2.05, 4.69) is 0 Å². The third-order valence-corrected chi connectivity index (χ3v) is 4.61. The van der Waals surface area contributed by atoms with Crippen molar-refractivity contribution in [2.45, 2.75) is 25.7 Å². The maximum atomic E-state index is 12.9. The molecule has 3 amide bonds. The van der Waals surface area contributed by atoms with Gasteiger partial charge in [0.25, 0.3) is 0 Å². The van der Waals surface area contributed by atoms with Gasteiger partial charge in [-0.1, -0.05) is 6.08 Å². The van der Waals surface area contributed by atoms with Crippen molar-refractivity contribution in [1.82, 2.24) is 9.80 Å². The first-order valence-electron chi connectivity index (χ1n) is 8.34. The van der Waals surface area contributed by atoms with E-state index in [9.17, 15) is 14.4 Å². The summed E-state index contributed by atoms with van der Waals surface area (Å²) >= 11 is 11.5. The summed E-state index contributed by atoms with van der Waals surface area (Å²) in [6.07, 6.45) is 3.06. The molecule has 2 aliphatic rings. The topological polar surface area (TPSA) is 76.2 Å². The molecule has 0 aliphatic carbocycles. The van der Waals surface area contributed by atoms with Crippen molar-refractivity contribution in [3.8, 4) is 0 Å². The number of unbranched alkanes of at least 4 members (excludes halogenated alkanes) is 1. The second kappa shape index (κ2) is 9.87. The summed E-state index contributed by atoms with van der Waals surface area (Å²) in [6, 6.07) is 0. The molecule has 2 saturated heterocycles. The van der Waals surface area contributed by atoms with E-state index in [1.165, 1.54) is 4.90 Å². The van der Waals surface area contributed by atoms with Crippen LogP contribution in [0.3, 0.4) is 0 Å². The summed E-state index contributed by atoms with van der Waals surface area (Å²) in [5.74, 6) is -0.157. The van der Waals surface area contributed by atoms with Crippen LogP contribution >= 0.6 is 23.2 Å². The number of alkyl halides is 2. The zero-order valence-electron chi connectivity index (χ0n) is 13.9. The first-order chi connectivity index (χ1) is 12.1. The van der Waals surface area contributed by atoms with Crippen LogP contribution in [0, 0.1) is 5.92 Å². The molecule has 0 bridgehead atoms. The number of ether oxygens (including phenoxy) is 2. The monoisotopic (exact) mass is 392 g/mol. The Morgan fingerprint density at radius 3 is 2.16 bits per heavy atom. The molecule has 25 heavy (non-hydrogen) atoms. The van der Waals surface area contributed by atoms with Gasteiger partial charge in [-0.15, -0.1) is 23.2 Å². The van der Waals surface area contributed by atoms with E-state index < -0.39 is 18.1 Å². The molecule has 140 valence electrons. The van der Waals surface area contributed by atoms with E-state index in [-0.39, 0.29) is 25.7 Å². The Morgan fingerprint density at radius 1 is 1.04 bits per heavy atom. The Morgan fingerprint density at radius 2 is 1.64 bits per heavy atom. The molecule has 0 spiro atoms. The predicted molar refractivity (Wildman–Crippen MR) is 92.6 cm³/mol. The standard InChI is InChI=1S/C16H22Cl2N2O5/c17-6-2-1-5-13(19-8-10-24-15(19)22)12(4-3-7-18)14(21)20-9-11-25-16(20)23/h5,12H,1-4,6-11H2/b13-5-. The zero-order valence-corrected chi connectivity index (χ0v) is 15.4. The summed E-state index contributed by atoms with van der Waals surface area (Å²) in [6.45, 7) is 1.05. The molecular formula is C16H22Cl2N2O5. The summed E-state index contributed by atoms with van der Waals surface area (Å²) in [7, 11) is 0. The van der Waals surface area contributed by atoms with Gasteiger partial charge in [-0.3, -0.25) is 9.69 Å². The lowest BCUT2D eigenvalue weighted by atomic mass is 9.95. The largest absolute Gasteiger partial charge is 0.447 e. The van der Waals surface area contributed by atoms with Gasteiger partial charge in [0.15, 0.2) is 0 Å².